The minimum Gasteiger partial charge on any atom is -0.328 e. The molecule has 0 aliphatic carbocycles. The van der Waals surface area contributed by atoms with E-state index in [1.165, 1.54) is 0 Å². The first kappa shape index (κ1) is 15.4. The van der Waals surface area contributed by atoms with Crippen LogP contribution in [0, 0.1) is 6.92 Å². The molecule has 128 valence electrons. The summed E-state index contributed by atoms with van der Waals surface area (Å²) in [6, 6.07) is 11.3. The molecule has 0 unspecified atom stereocenters. The number of rotatable bonds is 3. The van der Waals surface area contributed by atoms with Gasteiger partial charge in [0.25, 0.3) is 0 Å². The van der Waals surface area contributed by atoms with E-state index in [4.69, 9.17) is 0 Å². The molecule has 2 aromatic heterocycles. The molecule has 25 heavy (non-hydrogen) atoms. The quantitative estimate of drug-likeness (QED) is 0.772. The second-order valence-corrected chi connectivity index (χ2v) is 6.17. The van der Waals surface area contributed by atoms with Crippen LogP contribution in [-0.2, 0) is 6.54 Å². The topological polar surface area (TPSA) is 76.8 Å². The highest BCUT2D eigenvalue weighted by atomic mass is 16.2. The van der Waals surface area contributed by atoms with Gasteiger partial charge in [0.1, 0.15) is 11.6 Å². The second-order valence-electron chi connectivity index (χ2n) is 6.17. The number of nitrogens with zero attached hydrogens (tertiary/aromatic N) is 4. The number of hydrogen-bond acceptors (Lipinski definition) is 3. The Kier molecular flexibility index (Phi) is 3.97. The maximum atomic E-state index is 12.4. The predicted molar refractivity (Wildman–Crippen MR) is 94.7 cm³/mol. The van der Waals surface area contributed by atoms with Gasteiger partial charge < -0.3 is 15.2 Å². The van der Waals surface area contributed by atoms with Gasteiger partial charge in [-0.25, -0.2) is 14.5 Å². The molecule has 2 amide bonds. The van der Waals surface area contributed by atoms with Gasteiger partial charge in [0.15, 0.2) is 0 Å². The third-order valence-electron chi connectivity index (χ3n) is 4.29. The summed E-state index contributed by atoms with van der Waals surface area (Å²) in [7, 11) is 0. The van der Waals surface area contributed by atoms with Gasteiger partial charge in [-0.2, -0.15) is 5.10 Å². The lowest BCUT2D eigenvalue weighted by Crippen LogP contribution is -2.36. The van der Waals surface area contributed by atoms with E-state index in [2.05, 4.69) is 20.7 Å². The maximum absolute atomic E-state index is 12.4. The van der Waals surface area contributed by atoms with Crippen LogP contribution < -0.4 is 10.6 Å². The highest BCUT2D eigenvalue weighted by Gasteiger charge is 2.25. The number of benzene rings is 1. The molecule has 3 heterocycles. The second kappa shape index (κ2) is 6.43. The first-order valence-electron chi connectivity index (χ1n) is 8.41. The number of anilines is 1. The molecular formula is C18H20N6O. The number of fused-ring (bicyclic) bond motifs is 1. The fraction of sp³-hybridized carbons (Fsp3) is 0.278. The van der Waals surface area contributed by atoms with E-state index in [0.29, 0.717) is 0 Å². The largest absolute Gasteiger partial charge is 0.328 e. The summed E-state index contributed by atoms with van der Waals surface area (Å²) in [5, 5.41) is 10.3. The van der Waals surface area contributed by atoms with Crippen LogP contribution in [0.5, 0.6) is 0 Å². The Bertz CT molecular complexity index is 883. The molecule has 0 spiro atoms. The number of nitrogens with one attached hydrogen (secondary N) is 2. The fourth-order valence-corrected chi connectivity index (χ4v) is 3.18. The average Bonchev–Trinajstić information content (AvgIpc) is 3.24. The molecule has 1 aliphatic rings. The molecule has 0 bridgehead atoms. The number of carbonyl (C=O) groups is 1. The molecule has 1 aromatic carbocycles. The van der Waals surface area contributed by atoms with Gasteiger partial charge in [0, 0.05) is 30.3 Å². The van der Waals surface area contributed by atoms with Crippen molar-refractivity contribution < 1.29 is 4.79 Å². The van der Waals surface area contributed by atoms with Gasteiger partial charge in [0.05, 0.1) is 6.04 Å². The zero-order chi connectivity index (χ0) is 17.2. The highest BCUT2D eigenvalue weighted by molar-refractivity contribution is 5.89. The minimum absolute atomic E-state index is 0.109. The summed E-state index contributed by atoms with van der Waals surface area (Å²) >= 11 is 0. The van der Waals surface area contributed by atoms with Crippen LogP contribution in [0.25, 0.3) is 5.69 Å². The average molecular weight is 336 g/mol. The standard InChI is InChI=1S/C18H20N6O/c1-13-19-17-16(8-5-11-24(17)22-13)21-18(25)20-14-6-4-7-15(12-14)23-9-2-3-10-23/h2-4,6-7,9-10,12,16H,5,8,11H2,1H3,(H2,20,21,25)/t16-/m1/s1. The molecule has 1 aliphatic heterocycles. The van der Waals surface area contributed by atoms with Crippen molar-refractivity contribution in [2.24, 2.45) is 0 Å². The van der Waals surface area contributed by atoms with Crippen molar-refractivity contribution in [2.45, 2.75) is 32.4 Å². The van der Waals surface area contributed by atoms with Gasteiger partial charge in [-0.3, -0.25) is 0 Å². The van der Waals surface area contributed by atoms with Crippen LogP contribution in [0.3, 0.4) is 0 Å². The van der Waals surface area contributed by atoms with Gasteiger partial charge in [-0.15, -0.1) is 0 Å². The van der Waals surface area contributed by atoms with Crippen LogP contribution in [-0.4, -0.2) is 25.4 Å². The molecule has 7 nitrogen and oxygen atoms in total. The maximum Gasteiger partial charge on any atom is 0.319 e. The monoisotopic (exact) mass is 336 g/mol. The molecule has 0 radical (unpaired) electrons. The van der Waals surface area contributed by atoms with Gasteiger partial charge >= 0.3 is 6.03 Å². The van der Waals surface area contributed by atoms with E-state index in [-0.39, 0.29) is 12.1 Å². The zero-order valence-electron chi connectivity index (χ0n) is 14.0. The Morgan fingerprint density at radius 3 is 2.92 bits per heavy atom. The molecular weight excluding hydrogens is 316 g/mol. The lowest BCUT2D eigenvalue weighted by Gasteiger charge is -2.23. The van der Waals surface area contributed by atoms with Crippen molar-refractivity contribution in [2.75, 3.05) is 5.32 Å². The number of urea groups is 1. The van der Waals surface area contributed by atoms with Crippen molar-refractivity contribution in [3.8, 4) is 5.69 Å². The van der Waals surface area contributed by atoms with E-state index in [1.807, 2.05) is 65.0 Å². The minimum atomic E-state index is -0.233. The summed E-state index contributed by atoms with van der Waals surface area (Å²) < 4.78 is 3.88. The van der Waals surface area contributed by atoms with Crippen LogP contribution in [0.2, 0.25) is 0 Å². The molecule has 0 fully saturated rings. The Morgan fingerprint density at radius 2 is 2.08 bits per heavy atom. The SMILES string of the molecule is Cc1nc2n(n1)CCC[C@H]2NC(=O)Nc1cccc(-n2cccc2)c1. The highest BCUT2D eigenvalue weighted by Crippen LogP contribution is 2.23. The van der Waals surface area contributed by atoms with E-state index >= 15 is 0 Å². The normalized spacial score (nSPS) is 16.3. The fourth-order valence-electron chi connectivity index (χ4n) is 3.18. The van der Waals surface area contributed by atoms with Crippen LogP contribution in [0.1, 0.15) is 30.5 Å². The summed E-state index contributed by atoms with van der Waals surface area (Å²) in [5.41, 5.74) is 1.74. The van der Waals surface area contributed by atoms with Crippen molar-refractivity contribution in [1.82, 2.24) is 24.6 Å². The predicted octanol–water partition coefficient (Wildman–Crippen LogP) is 3.03. The summed E-state index contributed by atoms with van der Waals surface area (Å²) in [6.45, 7) is 2.73. The van der Waals surface area contributed by atoms with E-state index < -0.39 is 0 Å². The summed E-state index contributed by atoms with van der Waals surface area (Å²) in [5.74, 6) is 1.57. The van der Waals surface area contributed by atoms with E-state index in [0.717, 1.165) is 42.4 Å². The Balaban J connectivity index is 1.46. The number of aryl methyl sites for hydroxylation is 2. The van der Waals surface area contributed by atoms with Crippen LogP contribution in [0.4, 0.5) is 10.5 Å². The zero-order valence-corrected chi connectivity index (χ0v) is 14.0. The third kappa shape index (κ3) is 3.26. The lowest BCUT2D eigenvalue weighted by atomic mass is 10.1. The van der Waals surface area contributed by atoms with Crippen molar-refractivity contribution in [3.63, 3.8) is 0 Å². The lowest BCUT2D eigenvalue weighted by molar-refractivity contribution is 0.244. The van der Waals surface area contributed by atoms with E-state index in [1.54, 1.807) is 0 Å². The first-order chi connectivity index (χ1) is 12.2. The number of hydrogen-bond donors (Lipinski definition) is 2. The van der Waals surface area contributed by atoms with E-state index in [9.17, 15) is 4.79 Å². The molecule has 0 saturated carbocycles. The van der Waals surface area contributed by atoms with Gasteiger partial charge in [-0.1, -0.05) is 6.07 Å². The summed E-state index contributed by atoms with van der Waals surface area (Å²) in [6.07, 6.45) is 5.78. The Morgan fingerprint density at radius 1 is 1.24 bits per heavy atom. The third-order valence-corrected chi connectivity index (χ3v) is 4.29. The number of amides is 2. The smallest absolute Gasteiger partial charge is 0.319 e. The van der Waals surface area contributed by atoms with Gasteiger partial charge in [-0.05, 0) is 50.1 Å². The van der Waals surface area contributed by atoms with Crippen molar-refractivity contribution in [3.05, 3.63) is 60.4 Å². The number of aromatic nitrogens is 4. The summed E-state index contributed by atoms with van der Waals surface area (Å²) in [4.78, 5) is 16.9. The molecule has 7 heteroatoms. The van der Waals surface area contributed by atoms with Crippen molar-refractivity contribution in [1.29, 1.82) is 0 Å². The van der Waals surface area contributed by atoms with Crippen molar-refractivity contribution >= 4 is 11.7 Å². The first-order valence-corrected chi connectivity index (χ1v) is 8.41. The number of carbonyl (C=O) groups excluding carboxylic acids is 1. The molecule has 4 rings (SSSR count). The van der Waals surface area contributed by atoms with Gasteiger partial charge in [0.2, 0.25) is 0 Å². The molecule has 0 saturated heterocycles. The van der Waals surface area contributed by atoms with Crippen LogP contribution >= 0.6 is 0 Å². The van der Waals surface area contributed by atoms with Crippen LogP contribution in [0.15, 0.2) is 48.8 Å². The molecule has 3 aromatic rings. The Labute approximate surface area is 145 Å². The molecule has 2 N–H and O–H groups in total. The Hall–Kier alpha value is -3.09. The molecule has 1 atom stereocenters.